The second-order valence-corrected chi connectivity index (χ2v) is 5.82. The highest BCUT2D eigenvalue weighted by Crippen LogP contribution is 2.21. The average Bonchev–Trinajstić information content (AvgIpc) is 2.65. The molecule has 0 aromatic heterocycles. The van der Waals surface area contributed by atoms with E-state index in [0.717, 1.165) is 17.5 Å². The first-order valence-electron chi connectivity index (χ1n) is 8.17. The Morgan fingerprint density at radius 3 is 2.04 bits per heavy atom. The number of aryl methyl sites for hydroxylation is 1. The Hall–Kier alpha value is -2.30. The van der Waals surface area contributed by atoms with E-state index in [1.807, 2.05) is 12.1 Å². The van der Waals surface area contributed by atoms with Crippen LogP contribution in [-0.2, 0) is 11.2 Å². The van der Waals surface area contributed by atoms with Crippen LogP contribution < -0.4 is 5.73 Å². The Bertz CT molecular complexity index is 690. The smallest absolute Gasteiger partial charge is 0.174 e. The summed E-state index contributed by atoms with van der Waals surface area (Å²) in [5.74, 6) is -0.488. The second kappa shape index (κ2) is 8.52. The zero-order chi connectivity index (χ0) is 17.5. The van der Waals surface area contributed by atoms with Crippen LogP contribution in [0.2, 0.25) is 0 Å². The van der Waals surface area contributed by atoms with Gasteiger partial charge in [0.25, 0.3) is 0 Å². The van der Waals surface area contributed by atoms with E-state index in [0.29, 0.717) is 5.56 Å². The fraction of sp³-hybridized carbons (Fsp3) is 0.300. The Labute approximate surface area is 142 Å². The number of carbonyl (C=O) groups is 2. The van der Waals surface area contributed by atoms with E-state index >= 15 is 0 Å². The molecule has 2 aromatic rings. The van der Waals surface area contributed by atoms with E-state index < -0.39 is 18.4 Å². The van der Waals surface area contributed by atoms with Crippen molar-refractivity contribution < 1.29 is 14.7 Å². The maximum Gasteiger partial charge on any atom is 0.174 e. The number of nitrogens with two attached hydrogens (primary N) is 1. The van der Waals surface area contributed by atoms with E-state index in [9.17, 15) is 9.59 Å². The molecular formula is C20H23NO3. The van der Waals surface area contributed by atoms with Crippen molar-refractivity contribution in [1.82, 2.24) is 0 Å². The van der Waals surface area contributed by atoms with Gasteiger partial charge in [0.2, 0.25) is 0 Å². The minimum Gasteiger partial charge on any atom is -0.389 e. The van der Waals surface area contributed by atoms with Crippen molar-refractivity contribution in [2.75, 3.05) is 6.61 Å². The molecule has 0 amide bonds. The summed E-state index contributed by atoms with van der Waals surface area (Å²) in [4.78, 5) is 23.4. The normalized spacial score (nSPS) is 12.0. The van der Waals surface area contributed by atoms with Crippen molar-refractivity contribution >= 4 is 11.6 Å². The van der Waals surface area contributed by atoms with Gasteiger partial charge in [-0.3, -0.25) is 9.59 Å². The molecule has 0 aliphatic heterocycles. The number of benzene rings is 2. The number of hydrogen-bond acceptors (Lipinski definition) is 4. The van der Waals surface area contributed by atoms with Crippen LogP contribution in [0.1, 0.15) is 35.7 Å². The Balaban J connectivity index is 2.00. The summed E-state index contributed by atoms with van der Waals surface area (Å²) in [6.07, 6.45) is 1.45. The molecule has 4 nitrogen and oxygen atoms in total. The second-order valence-electron chi connectivity index (χ2n) is 5.82. The first-order valence-corrected chi connectivity index (χ1v) is 8.17. The third-order valence-electron chi connectivity index (χ3n) is 4.15. The number of carbonyl (C=O) groups excluding carboxylic acids is 2. The van der Waals surface area contributed by atoms with Gasteiger partial charge in [-0.05, 0) is 29.5 Å². The fourth-order valence-electron chi connectivity index (χ4n) is 2.49. The summed E-state index contributed by atoms with van der Waals surface area (Å²) in [6, 6.07) is 15.0. The zero-order valence-corrected chi connectivity index (χ0v) is 13.9. The largest absolute Gasteiger partial charge is 0.389 e. The van der Waals surface area contributed by atoms with Gasteiger partial charge in [-0.25, -0.2) is 0 Å². The minimum absolute atomic E-state index is 0.0518. The van der Waals surface area contributed by atoms with Gasteiger partial charge in [0.15, 0.2) is 11.6 Å². The molecule has 4 heteroatoms. The Morgan fingerprint density at radius 1 is 1.00 bits per heavy atom. The molecular weight excluding hydrogens is 302 g/mol. The summed E-state index contributed by atoms with van der Waals surface area (Å²) >= 11 is 0. The van der Waals surface area contributed by atoms with Crippen LogP contribution in [0.5, 0.6) is 0 Å². The van der Waals surface area contributed by atoms with E-state index in [1.54, 1.807) is 12.1 Å². The van der Waals surface area contributed by atoms with Crippen LogP contribution in [0.4, 0.5) is 0 Å². The summed E-state index contributed by atoms with van der Waals surface area (Å²) in [6.45, 7) is 1.54. The first kappa shape index (κ1) is 18.0. The molecule has 2 aromatic carbocycles. The van der Waals surface area contributed by atoms with E-state index in [4.69, 9.17) is 10.8 Å². The predicted octanol–water partition coefficient (Wildman–Crippen LogP) is 2.77. The number of rotatable bonds is 8. The fourth-order valence-corrected chi connectivity index (χ4v) is 2.49. The molecule has 0 saturated carbocycles. The van der Waals surface area contributed by atoms with Crippen molar-refractivity contribution in [3.05, 3.63) is 59.7 Å². The van der Waals surface area contributed by atoms with Gasteiger partial charge >= 0.3 is 0 Å². The van der Waals surface area contributed by atoms with Crippen LogP contribution >= 0.6 is 0 Å². The summed E-state index contributed by atoms with van der Waals surface area (Å²) in [5, 5.41) is 8.74. The number of aliphatic hydroxyl groups excluding tert-OH is 1. The third kappa shape index (κ3) is 4.60. The van der Waals surface area contributed by atoms with Crippen molar-refractivity contribution in [3.63, 3.8) is 0 Å². The molecule has 0 fully saturated rings. The quantitative estimate of drug-likeness (QED) is 0.731. The molecule has 126 valence electrons. The van der Waals surface area contributed by atoms with Gasteiger partial charge in [0, 0.05) is 12.0 Å². The number of hydrogen-bond donors (Lipinski definition) is 2. The van der Waals surface area contributed by atoms with Crippen LogP contribution in [-0.4, -0.2) is 29.3 Å². The molecule has 24 heavy (non-hydrogen) atoms. The molecule has 3 N–H and O–H groups in total. The molecule has 0 aliphatic carbocycles. The topological polar surface area (TPSA) is 80.4 Å². The minimum atomic E-state index is -0.782. The standard InChI is InChI=1S/C20H23NO3/c1-2-14-3-5-15(6-4-14)16-7-9-17(10-8-16)19(23)12-11-18(21)20(24)13-22/h3-10,18,22H,2,11-13,21H2,1H3/t18-/m1/s1. The van der Waals surface area contributed by atoms with Crippen LogP contribution in [0.15, 0.2) is 48.5 Å². The van der Waals surface area contributed by atoms with Gasteiger partial charge in [-0.15, -0.1) is 0 Å². The van der Waals surface area contributed by atoms with Crippen molar-refractivity contribution in [1.29, 1.82) is 0 Å². The summed E-state index contributed by atoms with van der Waals surface area (Å²) in [7, 11) is 0. The van der Waals surface area contributed by atoms with Crippen LogP contribution in [0.3, 0.4) is 0 Å². The van der Waals surface area contributed by atoms with Crippen molar-refractivity contribution in [3.8, 4) is 11.1 Å². The third-order valence-corrected chi connectivity index (χ3v) is 4.15. The lowest BCUT2D eigenvalue weighted by molar-refractivity contribution is -0.123. The van der Waals surface area contributed by atoms with Crippen molar-refractivity contribution in [2.45, 2.75) is 32.2 Å². The molecule has 0 unspecified atom stereocenters. The van der Waals surface area contributed by atoms with E-state index in [-0.39, 0.29) is 18.6 Å². The number of Topliss-reactive ketones (excluding diaryl/α,β-unsaturated/α-hetero) is 2. The lowest BCUT2D eigenvalue weighted by Gasteiger charge is -2.08. The van der Waals surface area contributed by atoms with E-state index in [2.05, 4.69) is 31.2 Å². The highest BCUT2D eigenvalue weighted by Gasteiger charge is 2.15. The maximum atomic E-state index is 12.2. The summed E-state index contributed by atoms with van der Waals surface area (Å²) < 4.78 is 0. The number of ketones is 2. The molecule has 0 radical (unpaired) electrons. The molecule has 2 rings (SSSR count). The van der Waals surface area contributed by atoms with Gasteiger partial charge in [-0.1, -0.05) is 55.5 Å². The monoisotopic (exact) mass is 325 g/mol. The van der Waals surface area contributed by atoms with Gasteiger partial charge in [0.05, 0.1) is 6.04 Å². The predicted molar refractivity (Wildman–Crippen MR) is 94.9 cm³/mol. The first-order chi connectivity index (χ1) is 11.5. The zero-order valence-electron chi connectivity index (χ0n) is 13.9. The average molecular weight is 325 g/mol. The lowest BCUT2D eigenvalue weighted by atomic mass is 9.98. The molecule has 0 saturated heterocycles. The van der Waals surface area contributed by atoms with E-state index in [1.165, 1.54) is 5.56 Å². The maximum absolute atomic E-state index is 12.2. The number of aliphatic hydroxyl groups is 1. The highest BCUT2D eigenvalue weighted by molar-refractivity contribution is 5.97. The van der Waals surface area contributed by atoms with Crippen LogP contribution in [0, 0.1) is 0 Å². The van der Waals surface area contributed by atoms with Gasteiger partial charge in [0.1, 0.15) is 6.61 Å². The molecule has 0 aliphatic rings. The highest BCUT2D eigenvalue weighted by atomic mass is 16.3. The van der Waals surface area contributed by atoms with Gasteiger partial charge < -0.3 is 10.8 Å². The SMILES string of the molecule is CCc1ccc(-c2ccc(C(=O)CC[C@@H](N)C(=O)CO)cc2)cc1. The Morgan fingerprint density at radius 2 is 1.54 bits per heavy atom. The van der Waals surface area contributed by atoms with Crippen molar-refractivity contribution in [2.24, 2.45) is 5.73 Å². The molecule has 0 bridgehead atoms. The molecule has 0 heterocycles. The molecule has 0 spiro atoms. The van der Waals surface area contributed by atoms with Gasteiger partial charge in [-0.2, -0.15) is 0 Å². The lowest BCUT2D eigenvalue weighted by Crippen LogP contribution is -2.33. The molecule has 1 atom stereocenters. The Kier molecular flexibility index (Phi) is 6.41. The summed E-state index contributed by atoms with van der Waals surface area (Å²) in [5.41, 5.74) is 9.68. The van der Waals surface area contributed by atoms with Crippen LogP contribution in [0.25, 0.3) is 11.1 Å².